The molecule has 0 aromatic heterocycles. The van der Waals surface area contributed by atoms with Crippen LogP contribution in [0.1, 0.15) is 52.4 Å². The molecule has 1 aliphatic heterocycles. The van der Waals surface area contributed by atoms with Gasteiger partial charge in [-0.2, -0.15) is 0 Å². The molecule has 2 nitrogen and oxygen atoms in total. The largest absolute Gasteiger partial charge is 0.369 e. The zero-order valence-corrected chi connectivity index (χ0v) is 10.6. The third-order valence-corrected chi connectivity index (χ3v) is 3.68. The van der Waals surface area contributed by atoms with Gasteiger partial charge in [0.25, 0.3) is 0 Å². The number of carbonyl (C=O) groups excluding carboxylic acids is 1. The van der Waals surface area contributed by atoms with Crippen molar-refractivity contribution in [2.45, 2.75) is 52.4 Å². The summed E-state index contributed by atoms with van der Waals surface area (Å²) in [7, 11) is 0. The summed E-state index contributed by atoms with van der Waals surface area (Å²) in [5.74, 6) is 1.13. The molecule has 1 aliphatic carbocycles. The van der Waals surface area contributed by atoms with E-state index in [-0.39, 0.29) is 0 Å². The van der Waals surface area contributed by atoms with E-state index in [1.807, 2.05) is 0 Å². The molecule has 0 spiro atoms. The highest BCUT2D eigenvalue weighted by molar-refractivity contribution is 5.96. The van der Waals surface area contributed by atoms with Gasteiger partial charge in [0.05, 0.1) is 5.70 Å². The van der Waals surface area contributed by atoms with Gasteiger partial charge in [-0.05, 0) is 43.6 Å². The number of ketones is 1. The monoisotopic (exact) mass is 221 g/mol. The molecule has 0 atom stereocenters. The number of nitrogens with zero attached hydrogens (tertiary/aromatic N) is 1. The van der Waals surface area contributed by atoms with Crippen LogP contribution in [0.3, 0.4) is 0 Å². The van der Waals surface area contributed by atoms with Gasteiger partial charge < -0.3 is 4.90 Å². The molecule has 0 saturated heterocycles. The zero-order valence-electron chi connectivity index (χ0n) is 10.6. The van der Waals surface area contributed by atoms with Gasteiger partial charge in [-0.25, -0.2) is 0 Å². The molecule has 0 bridgehead atoms. The van der Waals surface area contributed by atoms with Crippen molar-refractivity contribution < 1.29 is 4.79 Å². The van der Waals surface area contributed by atoms with Crippen LogP contribution in [0.4, 0.5) is 0 Å². The maximum atomic E-state index is 12.0. The van der Waals surface area contributed by atoms with Crippen molar-refractivity contribution in [1.29, 1.82) is 0 Å². The standard InChI is InChI=1S/C14H23NO/c1-11(2)8-10-15-9-4-6-12-5-3-7-13(16)14(12)15/h11H,3-10H2,1-2H3. The van der Waals surface area contributed by atoms with Crippen LogP contribution in [-0.4, -0.2) is 23.8 Å². The lowest BCUT2D eigenvalue weighted by atomic mass is 9.88. The topological polar surface area (TPSA) is 20.3 Å². The van der Waals surface area contributed by atoms with Crippen LogP contribution in [0.15, 0.2) is 11.3 Å². The first-order valence-electron chi connectivity index (χ1n) is 6.68. The quantitative estimate of drug-likeness (QED) is 0.729. The maximum Gasteiger partial charge on any atom is 0.178 e. The lowest BCUT2D eigenvalue weighted by molar-refractivity contribution is -0.117. The third-order valence-electron chi connectivity index (χ3n) is 3.68. The van der Waals surface area contributed by atoms with E-state index in [1.54, 1.807) is 0 Å². The van der Waals surface area contributed by atoms with E-state index in [0.29, 0.717) is 5.78 Å². The van der Waals surface area contributed by atoms with Gasteiger partial charge in [0.2, 0.25) is 0 Å². The molecule has 2 aliphatic rings. The Balaban J connectivity index is 2.09. The number of allylic oxidation sites excluding steroid dienone is 2. The van der Waals surface area contributed by atoms with E-state index in [0.717, 1.165) is 37.5 Å². The van der Waals surface area contributed by atoms with Crippen molar-refractivity contribution in [2.24, 2.45) is 5.92 Å². The third kappa shape index (κ3) is 2.47. The smallest absolute Gasteiger partial charge is 0.178 e. The molecule has 0 unspecified atom stereocenters. The summed E-state index contributed by atoms with van der Waals surface area (Å²) in [6.45, 7) is 6.67. The summed E-state index contributed by atoms with van der Waals surface area (Å²) >= 11 is 0. The Labute approximate surface area is 98.7 Å². The first-order chi connectivity index (χ1) is 7.68. The van der Waals surface area contributed by atoms with E-state index in [2.05, 4.69) is 18.7 Å². The summed E-state index contributed by atoms with van der Waals surface area (Å²) in [6.07, 6.45) is 6.62. The van der Waals surface area contributed by atoms with Crippen molar-refractivity contribution >= 4 is 5.78 Å². The van der Waals surface area contributed by atoms with Gasteiger partial charge >= 0.3 is 0 Å². The second-order valence-electron chi connectivity index (χ2n) is 5.50. The highest BCUT2D eigenvalue weighted by atomic mass is 16.1. The second-order valence-corrected chi connectivity index (χ2v) is 5.50. The van der Waals surface area contributed by atoms with Gasteiger partial charge in [0.1, 0.15) is 0 Å². The Kier molecular flexibility index (Phi) is 3.67. The maximum absolute atomic E-state index is 12.0. The zero-order chi connectivity index (χ0) is 11.5. The Hall–Kier alpha value is -0.790. The Morgan fingerprint density at radius 3 is 2.69 bits per heavy atom. The molecule has 0 aromatic rings. The number of rotatable bonds is 3. The fourth-order valence-electron chi connectivity index (χ4n) is 2.77. The van der Waals surface area contributed by atoms with Crippen LogP contribution in [0, 0.1) is 5.92 Å². The molecule has 2 heteroatoms. The second kappa shape index (κ2) is 5.03. The first kappa shape index (κ1) is 11.7. The molecule has 0 fully saturated rings. The Morgan fingerprint density at radius 2 is 1.94 bits per heavy atom. The number of hydrogen-bond donors (Lipinski definition) is 0. The van der Waals surface area contributed by atoms with Gasteiger partial charge in [-0.1, -0.05) is 13.8 Å². The van der Waals surface area contributed by atoms with E-state index >= 15 is 0 Å². The fraction of sp³-hybridized carbons (Fsp3) is 0.786. The summed E-state index contributed by atoms with van der Waals surface area (Å²) in [4.78, 5) is 14.3. The highest BCUT2D eigenvalue weighted by Gasteiger charge is 2.27. The van der Waals surface area contributed by atoms with Crippen LogP contribution in [0.2, 0.25) is 0 Å². The Morgan fingerprint density at radius 1 is 1.19 bits per heavy atom. The molecule has 16 heavy (non-hydrogen) atoms. The van der Waals surface area contributed by atoms with Crippen molar-refractivity contribution in [3.63, 3.8) is 0 Å². The predicted molar refractivity (Wildman–Crippen MR) is 66.1 cm³/mol. The van der Waals surface area contributed by atoms with E-state index in [1.165, 1.54) is 31.3 Å². The van der Waals surface area contributed by atoms with Crippen LogP contribution >= 0.6 is 0 Å². The summed E-state index contributed by atoms with van der Waals surface area (Å²) < 4.78 is 0. The van der Waals surface area contributed by atoms with E-state index in [9.17, 15) is 4.79 Å². The number of carbonyl (C=O) groups is 1. The normalized spacial score (nSPS) is 21.7. The van der Waals surface area contributed by atoms with Crippen molar-refractivity contribution in [1.82, 2.24) is 4.90 Å². The van der Waals surface area contributed by atoms with Gasteiger partial charge in [0.15, 0.2) is 5.78 Å². The summed E-state index contributed by atoms with van der Waals surface area (Å²) in [5.41, 5.74) is 2.56. The molecule has 0 saturated carbocycles. The minimum absolute atomic E-state index is 0.407. The Bertz CT molecular complexity index is 300. The average Bonchev–Trinajstić information content (AvgIpc) is 2.26. The molecule has 0 radical (unpaired) electrons. The molecule has 1 heterocycles. The predicted octanol–water partition coefficient (Wildman–Crippen LogP) is 3.14. The molecular weight excluding hydrogens is 198 g/mol. The molecule has 0 aromatic carbocycles. The number of Topliss-reactive ketones (excluding diaryl/α,β-unsaturated/α-hetero) is 1. The highest BCUT2D eigenvalue weighted by Crippen LogP contribution is 2.32. The first-order valence-corrected chi connectivity index (χ1v) is 6.68. The van der Waals surface area contributed by atoms with Crippen LogP contribution < -0.4 is 0 Å². The lowest BCUT2D eigenvalue weighted by Gasteiger charge is -2.35. The van der Waals surface area contributed by atoms with Crippen molar-refractivity contribution in [2.75, 3.05) is 13.1 Å². The molecule has 90 valence electrons. The minimum atomic E-state index is 0.407. The van der Waals surface area contributed by atoms with Gasteiger partial charge in [-0.15, -0.1) is 0 Å². The molecule has 2 rings (SSSR count). The summed E-state index contributed by atoms with van der Waals surface area (Å²) in [6, 6.07) is 0. The van der Waals surface area contributed by atoms with Crippen molar-refractivity contribution in [3.05, 3.63) is 11.3 Å². The molecular formula is C14H23NO. The average molecular weight is 221 g/mol. The lowest BCUT2D eigenvalue weighted by Crippen LogP contribution is -2.36. The van der Waals surface area contributed by atoms with Crippen LogP contribution in [-0.2, 0) is 4.79 Å². The SMILES string of the molecule is CC(C)CCN1CCCC2=C1C(=O)CCC2. The fourth-order valence-corrected chi connectivity index (χ4v) is 2.77. The van der Waals surface area contributed by atoms with E-state index < -0.39 is 0 Å². The van der Waals surface area contributed by atoms with Gasteiger partial charge in [-0.3, -0.25) is 4.79 Å². The summed E-state index contributed by atoms with van der Waals surface area (Å²) in [5, 5.41) is 0. The van der Waals surface area contributed by atoms with Crippen molar-refractivity contribution in [3.8, 4) is 0 Å². The molecule has 0 amide bonds. The minimum Gasteiger partial charge on any atom is -0.369 e. The van der Waals surface area contributed by atoms with Gasteiger partial charge in [0, 0.05) is 19.5 Å². The number of hydrogen-bond acceptors (Lipinski definition) is 2. The van der Waals surface area contributed by atoms with Crippen LogP contribution in [0.5, 0.6) is 0 Å². The molecule has 0 N–H and O–H groups in total. The van der Waals surface area contributed by atoms with Crippen LogP contribution in [0.25, 0.3) is 0 Å². The van der Waals surface area contributed by atoms with E-state index in [4.69, 9.17) is 0 Å².